The third kappa shape index (κ3) is 2.74. The van der Waals surface area contributed by atoms with Crippen LogP contribution in [0.1, 0.15) is 24.3 Å². The lowest BCUT2D eigenvalue weighted by atomic mass is 10.1. The monoisotopic (exact) mass is 303 g/mol. The maximum Gasteiger partial charge on any atom is 0.272 e. The Kier molecular flexibility index (Phi) is 3.83. The van der Waals surface area contributed by atoms with Crippen molar-refractivity contribution in [1.82, 2.24) is 15.2 Å². The van der Waals surface area contributed by atoms with Gasteiger partial charge in [-0.25, -0.2) is 4.98 Å². The van der Waals surface area contributed by atoms with Gasteiger partial charge in [0.1, 0.15) is 5.69 Å². The number of carbonyl (C=O) groups excluding carboxylic acids is 1. The zero-order chi connectivity index (χ0) is 15.0. The molecule has 2 heterocycles. The minimum absolute atomic E-state index is 0.0160. The highest BCUT2D eigenvalue weighted by Gasteiger charge is 2.29. The number of carbonyl (C=O) groups is 1. The third-order valence-corrected chi connectivity index (χ3v) is 4.40. The quantitative estimate of drug-likeness (QED) is 0.881. The smallest absolute Gasteiger partial charge is 0.272 e. The number of hydrogen-bond donors (Lipinski definition) is 1. The zero-order valence-corrected chi connectivity index (χ0v) is 12.9. The van der Waals surface area contributed by atoms with Crippen molar-refractivity contribution in [3.8, 4) is 0 Å². The van der Waals surface area contributed by atoms with Gasteiger partial charge in [0.15, 0.2) is 0 Å². The molecule has 2 atom stereocenters. The molecule has 1 aliphatic rings. The van der Waals surface area contributed by atoms with Gasteiger partial charge in [0.25, 0.3) is 5.91 Å². The molecule has 5 heteroatoms. The van der Waals surface area contributed by atoms with Gasteiger partial charge < -0.3 is 10.2 Å². The highest BCUT2D eigenvalue weighted by atomic mass is 35.5. The fourth-order valence-electron chi connectivity index (χ4n) is 2.70. The molecule has 1 aliphatic heterocycles. The van der Waals surface area contributed by atoms with Gasteiger partial charge in [-0.3, -0.25) is 4.79 Å². The van der Waals surface area contributed by atoms with Crippen LogP contribution in [0.5, 0.6) is 0 Å². The average molecular weight is 304 g/mol. The van der Waals surface area contributed by atoms with E-state index in [9.17, 15) is 4.79 Å². The van der Waals surface area contributed by atoms with Crippen molar-refractivity contribution in [3.63, 3.8) is 0 Å². The van der Waals surface area contributed by atoms with E-state index in [1.807, 2.05) is 23.1 Å². The van der Waals surface area contributed by atoms with Crippen molar-refractivity contribution in [1.29, 1.82) is 0 Å². The van der Waals surface area contributed by atoms with Crippen molar-refractivity contribution in [2.75, 3.05) is 13.1 Å². The number of hydrogen-bond acceptors (Lipinski definition) is 3. The van der Waals surface area contributed by atoms with Crippen molar-refractivity contribution >= 4 is 28.4 Å². The average Bonchev–Trinajstić information content (AvgIpc) is 2.48. The summed E-state index contributed by atoms with van der Waals surface area (Å²) in [5.41, 5.74) is 1.23. The minimum atomic E-state index is -0.0160. The Hall–Kier alpha value is -1.65. The summed E-state index contributed by atoms with van der Waals surface area (Å²) in [5.74, 6) is -0.0160. The summed E-state index contributed by atoms with van der Waals surface area (Å²) in [6, 6.07) is 9.68. The van der Waals surface area contributed by atoms with Crippen LogP contribution in [0.15, 0.2) is 30.3 Å². The normalized spacial score (nSPS) is 22.5. The van der Waals surface area contributed by atoms with E-state index in [1.54, 1.807) is 12.1 Å². The molecule has 1 amide bonds. The first-order valence-electron chi connectivity index (χ1n) is 7.17. The van der Waals surface area contributed by atoms with Crippen LogP contribution >= 0.6 is 11.6 Å². The van der Waals surface area contributed by atoms with Gasteiger partial charge in [-0.15, -0.1) is 0 Å². The van der Waals surface area contributed by atoms with Crippen LogP contribution in [0.4, 0.5) is 0 Å². The first-order valence-corrected chi connectivity index (χ1v) is 7.55. The van der Waals surface area contributed by atoms with Crippen LogP contribution in [0.2, 0.25) is 5.02 Å². The van der Waals surface area contributed by atoms with Gasteiger partial charge in [0, 0.05) is 35.6 Å². The van der Waals surface area contributed by atoms with E-state index in [2.05, 4.69) is 24.1 Å². The Labute approximate surface area is 129 Å². The van der Waals surface area contributed by atoms with Crippen molar-refractivity contribution in [3.05, 3.63) is 41.0 Å². The lowest BCUT2D eigenvalue weighted by molar-refractivity contribution is 0.0597. The number of nitrogens with one attached hydrogen (secondary N) is 1. The molecule has 1 aromatic heterocycles. The second-order valence-corrected chi connectivity index (χ2v) is 5.95. The third-order valence-electron chi connectivity index (χ3n) is 4.17. The summed E-state index contributed by atoms with van der Waals surface area (Å²) in [7, 11) is 0. The Morgan fingerprint density at radius 1 is 1.33 bits per heavy atom. The maximum atomic E-state index is 12.7. The van der Waals surface area contributed by atoms with E-state index < -0.39 is 0 Å². The number of fused-ring (bicyclic) bond motifs is 1. The van der Waals surface area contributed by atoms with Crippen LogP contribution in [0.25, 0.3) is 10.9 Å². The van der Waals surface area contributed by atoms with Crippen LogP contribution in [0, 0.1) is 0 Å². The van der Waals surface area contributed by atoms with Crippen molar-refractivity contribution in [2.45, 2.75) is 25.9 Å². The fourth-order valence-corrected chi connectivity index (χ4v) is 2.87. The second-order valence-electron chi connectivity index (χ2n) is 5.52. The summed E-state index contributed by atoms with van der Waals surface area (Å²) in [5, 5.41) is 4.99. The summed E-state index contributed by atoms with van der Waals surface area (Å²) >= 11 is 6.00. The van der Waals surface area contributed by atoms with Gasteiger partial charge >= 0.3 is 0 Å². The van der Waals surface area contributed by atoms with Gasteiger partial charge in [-0.2, -0.15) is 0 Å². The molecule has 110 valence electrons. The maximum absolute atomic E-state index is 12.7. The number of aromatic nitrogens is 1. The number of benzene rings is 1. The molecule has 0 saturated carbocycles. The molecule has 1 saturated heterocycles. The SMILES string of the molecule is CC1NCCN(C(=O)c2ccc3ccc(Cl)cc3n2)C1C. The Morgan fingerprint density at radius 2 is 2.10 bits per heavy atom. The molecular weight excluding hydrogens is 286 g/mol. The van der Waals surface area contributed by atoms with E-state index in [-0.39, 0.29) is 18.0 Å². The molecule has 0 aliphatic carbocycles. The van der Waals surface area contributed by atoms with E-state index >= 15 is 0 Å². The molecular formula is C16H18ClN3O. The number of amides is 1. The second kappa shape index (κ2) is 5.62. The number of nitrogens with zero attached hydrogens (tertiary/aromatic N) is 2. The lowest BCUT2D eigenvalue weighted by Gasteiger charge is -2.38. The molecule has 3 rings (SSSR count). The van der Waals surface area contributed by atoms with Crippen molar-refractivity contribution < 1.29 is 4.79 Å². The van der Waals surface area contributed by atoms with Crippen LogP contribution in [-0.4, -0.2) is 41.0 Å². The number of halogens is 1. The van der Waals surface area contributed by atoms with Crippen LogP contribution in [0.3, 0.4) is 0 Å². The fraction of sp³-hybridized carbons (Fsp3) is 0.375. The number of pyridine rings is 1. The minimum Gasteiger partial charge on any atom is -0.332 e. The van der Waals surface area contributed by atoms with Crippen LogP contribution < -0.4 is 5.32 Å². The topological polar surface area (TPSA) is 45.2 Å². The molecule has 4 nitrogen and oxygen atoms in total. The van der Waals surface area contributed by atoms with Gasteiger partial charge in [0.05, 0.1) is 5.52 Å². The van der Waals surface area contributed by atoms with Gasteiger partial charge in [-0.1, -0.05) is 23.7 Å². The summed E-state index contributed by atoms with van der Waals surface area (Å²) in [4.78, 5) is 19.1. The summed E-state index contributed by atoms with van der Waals surface area (Å²) in [6.07, 6.45) is 0. The van der Waals surface area contributed by atoms with Crippen molar-refractivity contribution in [2.24, 2.45) is 0 Å². The summed E-state index contributed by atoms with van der Waals surface area (Å²) in [6.45, 7) is 5.68. The Bertz CT molecular complexity index is 688. The number of rotatable bonds is 1. The molecule has 0 spiro atoms. The number of piperazine rings is 1. The highest BCUT2D eigenvalue weighted by molar-refractivity contribution is 6.31. The zero-order valence-electron chi connectivity index (χ0n) is 12.1. The molecule has 0 radical (unpaired) electrons. The highest BCUT2D eigenvalue weighted by Crippen LogP contribution is 2.19. The molecule has 21 heavy (non-hydrogen) atoms. The van der Waals surface area contributed by atoms with E-state index in [0.29, 0.717) is 17.3 Å². The van der Waals surface area contributed by atoms with Gasteiger partial charge in [-0.05, 0) is 32.0 Å². The molecule has 2 unspecified atom stereocenters. The Morgan fingerprint density at radius 3 is 2.90 bits per heavy atom. The first kappa shape index (κ1) is 14.3. The van der Waals surface area contributed by atoms with E-state index in [1.165, 1.54) is 0 Å². The largest absolute Gasteiger partial charge is 0.332 e. The molecule has 1 N–H and O–H groups in total. The van der Waals surface area contributed by atoms with E-state index in [0.717, 1.165) is 17.4 Å². The van der Waals surface area contributed by atoms with Gasteiger partial charge in [0.2, 0.25) is 0 Å². The molecule has 1 fully saturated rings. The van der Waals surface area contributed by atoms with E-state index in [4.69, 9.17) is 11.6 Å². The first-order chi connectivity index (χ1) is 10.1. The standard InChI is InChI=1S/C16H18ClN3O/c1-10-11(2)20(8-7-18-10)16(21)14-6-4-12-3-5-13(17)9-15(12)19-14/h3-6,9-11,18H,7-8H2,1-2H3. The van der Waals surface area contributed by atoms with Crippen LogP contribution in [-0.2, 0) is 0 Å². The predicted molar refractivity (Wildman–Crippen MR) is 84.7 cm³/mol. The Balaban J connectivity index is 1.94. The summed E-state index contributed by atoms with van der Waals surface area (Å²) < 4.78 is 0. The predicted octanol–water partition coefficient (Wildman–Crippen LogP) is 2.71. The molecule has 2 aromatic rings. The molecule has 0 bridgehead atoms. The lowest BCUT2D eigenvalue weighted by Crippen LogP contribution is -2.57. The molecule has 1 aromatic carbocycles.